The standard InChI is InChI=1S/C24H30N4O5/c1-24(2,3)33-23(32)27-13-11-26(12-14-27)21(30)16-7-6-8-17(15-16)28-22(31)19-10-5-4-9-18(19)20(29)25-28/h4-8,15,18-19H,9-14H2,1-3H3,(H,25,29). The maximum Gasteiger partial charge on any atom is 0.410 e. The first kappa shape index (κ1) is 22.8. The molecule has 9 nitrogen and oxygen atoms in total. The number of rotatable bonds is 2. The van der Waals surface area contributed by atoms with Crippen LogP contribution in [0.15, 0.2) is 36.4 Å². The number of hydrogen-bond donors (Lipinski definition) is 1. The number of nitrogens with one attached hydrogen (secondary N) is 1. The number of carbonyl (C=O) groups excluding carboxylic acids is 4. The van der Waals surface area contributed by atoms with Gasteiger partial charge >= 0.3 is 6.09 Å². The fourth-order valence-corrected chi connectivity index (χ4v) is 4.36. The van der Waals surface area contributed by atoms with Gasteiger partial charge in [-0.15, -0.1) is 0 Å². The lowest BCUT2D eigenvalue weighted by molar-refractivity contribution is -0.139. The van der Waals surface area contributed by atoms with Crippen LogP contribution in [0.4, 0.5) is 10.5 Å². The summed E-state index contributed by atoms with van der Waals surface area (Å²) in [4.78, 5) is 54.2. The molecule has 176 valence electrons. The van der Waals surface area contributed by atoms with E-state index in [2.05, 4.69) is 5.43 Å². The van der Waals surface area contributed by atoms with E-state index in [-0.39, 0.29) is 35.7 Å². The van der Waals surface area contributed by atoms with Crippen molar-refractivity contribution in [2.75, 3.05) is 31.2 Å². The summed E-state index contributed by atoms with van der Waals surface area (Å²) >= 11 is 0. The van der Waals surface area contributed by atoms with Gasteiger partial charge in [-0.2, -0.15) is 0 Å². The number of nitrogens with zero attached hydrogens (tertiary/aromatic N) is 3. The summed E-state index contributed by atoms with van der Waals surface area (Å²) < 4.78 is 5.40. The highest BCUT2D eigenvalue weighted by Crippen LogP contribution is 2.32. The lowest BCUT2D eigenvalue weighted by Gasteiger charge is -2.38. The van der Waals surface area contributed by atoms with E-state index in [1.807, 2.05) is 32.9 Å². The van der Waals surface area contributed by atoms with Crippen LogP contribution in [0.1, 0.15) is 44.0 Å². The number of carbonyl (C=O) groups is 4. The maximum absolute atomic E-state index is 13.1. The van der Waals surface area contributed by atoms with Gasteiger partial charge in [0, 0.05) is 31.7 Å². The van der Waals surface area contributed by atoms with E-state index >= 15 is 0 Å². The average Bonchev–Trinajstić information content (AvgIpc) is 2.80. The lowest BCUT2D eigenvalue weighted by Crippen LogP contribution is -2.59. The van der Waals surface area contributed by atoms with E-state index in [4.69, 9.17) is 4.74 Å². The van der Waals surface area contributed by atoms with Gasteiger partial charge in [-0.3, -0.25) is 19.8 Å². The van der Waals surface area contributed by atoms with Crippen molar-refractivity contribution in [1.82, 2.24) is 15.2 Å². The number of fused-ring (bicyclic) bond motifs is 1. The van der Waals surface area contributed by atoms with Crippen molar-refractivity contribution in [2.45, 2.75) is 39.2 Å². The topological polar surface area (TPSA) is 99.3 Å². The molecule has 1 N–H and O–H groups in total. The van der Waals surface area contributed by atoms with E-state index in [0.29, 0.717) is 50.3 Å². The summed E-state index contributed by atoms with van der Waals surface area (Å²) in [6.07, 6.45) is 4.59. The Hall–Kier alpha value is -3.36. The number of benzene rings is 1. The van der Waals surface area contributed by atoms with Gasteiger partial charge in [0.05, 0.1) is 17.5 Å². The Morgan fingerprint density at radius 2 is 1.61 bits per heavy atom. The Kier molecular flexibility index (Phi) is 6.14. The van der Waals surface area contributed by atoms with Gasteiger partial charge in [-0.05, 0) is 51.8 Å². The Morgan fingerprint density at radius 1 is 0.970 bits per heavy atom. The molecular weight excluding hydrogens is 424 g/mol. The molecule has 4 rings (SSSR count). The molecule has 9 heteroatoms. The molecule has 2 heterocycles. The minimum absolute atomic E-state index is 0.167. The summed E-state index contributed by atoms with van der Waals surface area (Å²) in [6, 6.07) is 6.72. The van der Waals surface area contributed by atoms with Gasteiger partial charge in [-0.25, -0.2) is 9.80 Å². The molecule has 1 aromatic carbocycles. The number of hydrogen-bond acceptors (Lipinski definition) is 5. The third-order valence-corrected chi connectivity index (χ3v) is 6.10. The molecular formula is C24H30N4O5. The monoisotopic (exact) mass is 454 g/mol. The molecule has 2 aliphatic heterocycles. The van der Waals surface area contributed by atoms with Gasteiger partial charge in [0.15, 0.2) is 0 Å². The van der Waals surface area contributed by atoms with Crippen LogP contribution in [0.5, 0.6) is 0 Å². The molecule has 0 spiro atoms. The number of anilines is 1. The summed E-state index contributed by atoms with van der Waals surface area (Å²) in [5.74, 6) is -1.26. The molecule has 2 atom stereocenters. The van der Waals surface area contributed by atoms with Crippen LogP contribution in [0.25, 0.3) is 0 Å². The van der Waals surface area contributed by atoms with Gasteiger partial charge in [-0.1, -0.05) is 18.2 Å². The van der Waals surface area contributed by atoms with Gasteiger partial charge in [0.2, 0.25) is 11.8 Å². The molecule has 2 fully saturated rings. The molecule has 0 saturated carbocycles. The van der Waals surface area contributed by atoms with E-state index in [9.17, 15) is 19.2 Å². The number of ether oxygens (including phenoxy) is 1. The molecule has 1 aromatic rings. The van der Waals surface area contributed by atoms with Crippen molar-refractivity contribution in [3.05, 3.63) is 42.0 Å². The second-order valence-electron chi connectivity index (χ2n) is 9.62. The Balaban J connectivity index is 1.43. The predicted octanol–water partition coefficient (Wildman–Crippen LogP) is 2.34. The maximum atomic E-state index is 13.1. The van der Waals surface area contributed by atoms with Crippen molar-refractivity contribution in [1.29, 1.82) is 0 Å². The fourth-order valence-electron chi connectivity index (χ4n) is 4.36. The Labute approximate surface area is 193 Å². The summed E-state index contributed by atoms with van der Waals surface area (Å²) in [5, 5.41) is 1.26. The van der Waals surface area contributed by atoms with Crippen molar-refractivity contribution in [3.63, 3.8) is 0 Å². The van der Waals surface area contributed by atoms with Crippen LogP contribution in [-0.4, -0.2) is 65.4 Å². The largest absolute Gasteiger partial charge is 0.444 e. The zero-order valence-corrected chi connectivity index (χ0v) is 19.2. The number of amides is 4. The Morgan fingerprint density at radius 3 is 2.27 bits per heavy atom. The molecule has 1 aliphatic carbocycles. The van der Waals surface area contributed by atoms with E-state index in [1.165, 1.54) is 5.01 Å². The van der Waals surface area contributed by atoms with Gasteiger partial charge < -0.3 is 14.5 Å². The second-order valence-corrected chi connectivity index (χ2v) is 9.62. The zero-order chi connectivity index (χ0) is 23.8. The smallest absolute Gasteiger partial charge is 0.410 e. The quantitative estimate of drug-likeness (QED) is 0.692. The fraction of sp³-hybridized carbons (Fsp3) is 0.500. The van der Waals surface area contributed by atoms with Crippen LogP contribution in [-0.2, 0) is 14.3 Å². The normalized spacial score (nSPS) is 23.2. The number of allylic oxidation sites excluding steroid dienone is 2. The molecule has 33 heavy (non-hydrogen) atoms. The predicted molar refractivity (Wildman–Crippen MR) is 121 cm³/mol. The van der Waals surface area contributed by atoms with Crippen LogP contribution in [0, 0.1) is 11.8 Å². The van der Waals surface area contributed by atoms with Crippen LogP contribution >= 0.6 is 0 Å². The van der Waals surface area contributed by atoms with Crippen molar-refractivity contribution < 1.29 is 23.9 Å². The minimum Gasteiger partial charge on any atom is -0.444 e. The van der Waals surface area contributed by atoms with E-state index in [0.717, 1.165) is 0 Å². The third-order valence-electron chi connectivity index (χ3n) is 6.10. The van der Waals surface area contributed by atoms with Crippen molar-refractivity contribution in [3.8, 4) is 0 Å². The molecule has 2 saturated heterocycles. The SMILES string of the molecule is CC(C)(C)OC(=O)N1CCN(C(=O)c2cccc(N3NC(=O)C4CC=CCC4C3=O)c2)CC1. The molecule has 4 amide bonds. The highest BCUT2D eigenvalue weighted by molar-refractivity contribution is 6.05. The first-order valence-corrected chi connectivity index (χ1v) is 11.3. The first-order valence-electron chi connectivity index (χ1n) is 11.3. The molecule has 0 aromatic heterocycles. The zero-order valence-electron chi connectivity index (χ0n) is 19.2. The van der Waals surface area contributed by atoms with E-state index < -0.39 is 5.60 Å². The molecule has 0 radical (unpaired) electrons. The number of hydrazine groups is 1. The highest BCUT2D eigenvalue weighted by Gasteiger charge is 2.42. The van der Waals surface area contributed by atoms with Gasteiger partial charge in [0.1, 0.15) is 5.60 Å². The summed E-state index contributed by atoms with van der Waals surface area (Å²) in [5.41, 5.74) is 3.00. The van der Waals surface area contributed by atoms with Crippen LogP contribution < -0.4 is 10.4 Å². The average molecular weight is 455 g/mol. The molecule has 2 unspecified atom stereocenters. The van der Waals surface area contributed by atoms with Crippen LogP contribution in [0.2, 0.25) is 0 Å². The minimum atomic E-state index is -0.570. The Bertz CT molecular complexity index is 991. The van der Waals surface area contributed by atoms with Crippen molar-refractivity contribution in [2.24, 2.45) is 11.8 Å². The van der Waals surface area contributed by atoms with Crippen LogP contribution in [0.3, 0.4) is 0 Å². The summed E-state index contributed by atoms with van der Waals surface area (Å²) in [6.45, 7) is 7.00. The van der Waals surface area contributed by atoms with Crippen molar-refractivity contribution >= 4 is 29.5 Å². The van der Waals surface area contributed by atoms with Gasteiger partial charge in [0.25, 0.3) is 5.91 Å². The molecule has 3 aliphatic rings. The molecule has 0 bridgehead atoms. The highest BCUT2D eigenvalue weighted by atomic mass is 16.6. The van der Waals surface area contributed by atoms with E-state index in [1.54, 1.807) is 34.1 Å². The first-order chi connectivity index (χ1) is 15.6. The number of piperazine rings is 1. The lowest BCUT2D eigenvalue weighted by atomic mass is 9.80. The third kappa shape index (κ3) is 4.86. The second kappa shape index (κ2) is 8.88. The summed E-state index contributed by atoms with van der Waals surface area (Å²) in [7, 11) is 0.